The van der Waals surface area contributed by atoms with Crippen LogP contribution in [0.3, 0.4) is 0 Å². The highest BCUT2D eigenvalue weighted by molar-refractivity contribution is 5.83. The molecule has 0 spiro atoms. The van der Waals surface area contributed by atoms with Crippen molar-refractivity contribution in [3.8, 4) is 0 Å². The lowest BCUT2D eigenvalue weighted by Gasteiger charge is -2.30. The molecule has 2 heterocycles. The molecule has 1 fully saturated rings. The zero-order valence-corrected chi connectivity index (χ0v) is 8.25. The molecule has 1 aliphatic heterocycles. The van der Waals surface area contributed by atoms with Crippen molar-refractivity contribution < 1.29 is 8.22 Å². The molecule has 0 aliphatic carbocycles. The van der Waals surface area contributed by atoms with Crippen LogP contribution < -0.4 is 0 Å². The first-order chi connectivity index (χ1) is 9.63. The van der Waals surface area contributed by atoms with Crippen molar-refractivity contribution in [1.29, 1.82) is 0 Å². The van der Waals surface area contributed by atoms with E-state index in [0.29, 0.717) is 10.5 Å². The van der Waals surface area contributed by atoms with E-state index in [0.717, 1.165) is 10.9 Å². The molecular formula is C13H16N2. The number of fused-ring (bicyclic) bond motifs is 1. The van der Waals surface area contributed by atoms with Crippen LogP contribution in [0.4, 0.5) is 0 Å². The van der Waals surface area contributed by atoms with Crippen LogP contribution in [0.15, 0.2) is 30.5 Å². The Labute approximate surface area is 98.3 Å². The Bertz CT molecular complexity index is 664. The molecule has 3 rings (SSSR count). The van der Waals surface area contributed by atoms with Gasteiger partial charge in [-0.3, -0.25) is 0 Å². The van der Waals surface area contributed by atoms with E-state index in [1.807, 2.05) is 24.3 Å². The van der Waals surface area contributed by atoms with Crippen LogP contribution >= 0.6 is 0 Å². The number of H-pyrrole nitrogens is 1. The first kappa shape index (κ1) is 4.71. The molecule has 0 amide bonds. The van der Waals surface area contributed by atoms with Crippen LogP contribution in [-0.2, 0) is 6.42 Å². The minimum absolute atomic E-state index is 0.0734. The van der Waals surface area contributed by atoms with E-state index in [1.54, 1.807) is 6.20 Å². The van der Waals surface area contributed by atoms with Crippen LogP contribution in [0.25, 0.3) is 10.9 Å². The summed E-state index contributed by atoms with van der Waals surface area (Å²) in [5.41, 5.74) is 1.60. The number of hydrogen-bond donors (Lipinski definition) is 1. The van der Waals surface area contributed by atoms with E-state index in [2.05, 4.69) is 4.98 Å². The Morgan fingerprint density at radius 3 is 3.13 bits per heavy atom. The largest absolute Gasteiger partial charge is 0.361 e. The fourth-order valence-electron chi connectivity index (χ4n) is 1.71. The molecule has 2 heteroatoms. The van der Waals surface area contributed by atoms with Gasteiger partial charge in [0.2, 0.25) is 0 Å². The van der Waals surface area contributed by atoms with Gasteiger partial charge in [-0.2, -0.15) is 0 Å². The van der Waals surface area contributed by atoms with Gasteiger partial charge in [0, 0.05) is 31.8 Å². The number of hydrogen-bond acceptors (Lipinski definition) is 1. The van der Waals surface area contributed by atoms with Gasteiger partial charge in [-0.15, -0.1) is 0 Å². The van der Waals surface area contributed by atoms with Gasteiger partial charge in [0.05, 0.1) is 0 Å². The lowest BCUT2D eigenvalue weighted by molar-refractivity contribution is 0.184. The summed E-state index contributed by atoms with van der Waals surface area (Å²) < 4.78 is 47.2. The van der Waals surface area contributed by atoms with Crippen LogP contribution in [0.2, 0.25) is 0 Å². The van der Waals surface area contributed by atoms with Crippen LogP contribution in [0, 0.1) is 0 Å². The molecule has 2 aromatic rings. The SMILES string of the molecule is [2H]C([2H])(Cc1c[nH]c2ccccc12)N1C([2H])([2H])CC1([2H])[2H]. The van der Waals surface area contributed by atoms with Gasteiger partial charge in [-0.1, -0.05) is 18.2 Å². The summed E-state index contributed by atoms with van der Waals surface area (Å²) in [5, 5.41) is 0.878. The molecule has 1 aromatic heterocycles. The number of nitrogens with one attached hydrogen (secondary N) is 1. The maximum Gasteiger partial charge on any atom is 0.0456 e. The Balaban J connectivity index is 1.93. The Kier molecular flexibility index (Phi) is 1.16. The molecule has 1 saturated heterocycles. The normalized spacial score (nSPS) is 30.4. The Hall–Kier alpha value is -1.28. The molecule has 78 valence electrons. The number of benzene rings is 1. The standard InChI is InChI=1S/C13H16N2/c1-2-5-13-12(4-1)11(10-14-13)6-9-15-7-3-8-15/h1-2,4-5,10,14H,3,6-9H2/i7D2,8D2,9D2. The molecular weight excluding hydrogens is 184 g/mol. The lowest BCUT2D eigenvalue weighted by atomic mass is 10.1. The van der Waals surface area contributed by atoms with E-state index in [1.165, 1.54) is 0 Å². The predicted molar refractivity (Wildman–Crippen MR) is 63.1 cm³/mol. The Morgan fingerprint density at radius 1 is 1.40 bits per heavy atom. The summed E-state index contributed by atoms with van der Waals surface area (Å²) in [6.07, 6.45) is 1.32. The van der Waals surface area contributed by atoms with Crippen molar-refractivity contribution in [2.75, 3.05) is 19.5 Å². The number of likely N-dealkylation sites (tertiary alicyclic amines) is 1. The van der Waals surface area contributed by atoms with E-state index in [-0.39, 0.29) is 12.8 Å². The molecule has 0 unspecified atom stereocenters. The molecule has 1 aliphatic rings. The van der Waals surface area contributed by atoms with Gasteiger partial charge >= 0.3 is 0 Å². The molecule has 0 atom stereocenters. The minimum atomic E-state index is -2.10. The number of aromatic amines is 1. The van der Waals surface area contributed by atoms with Crippen LogP contribution in [0.1, 0.15) is 20.2 Å². The van der Waals surface area contributed by atoms with Gasteiger partial charge in [0.15, 0.2) is 0 Å². The monoisotopic (exact) mass is 206 g/mol. The third-order valence-electron chi connectivity index (χ3n) is 2.58. The van der Waals surface area contributed by atoms with Gasteiger partial charge < -0.3 is 9.88 Å². The zero-order valence-electron chi connectivity index (χ0n) is 14.2. The minimum Gasteiger partial charge on any atom is -0.361 e. The summed E-state index contributed by atoms with van der Waals surface area (Å²) in [6, 6.07) is 7.49. The highest BCUT2D eigenvalue weighted by atomic mass is 15.2. The molecule has 0 saturated carbocycles. The van der Waals surface area contributed by atoms with Gasteiger partial charge in [0.25, 0.3) is 0 Å². The van der Waals surface area contributed by atoms with Gasteiger partial charge in [0.1, 0.15) is 0 Å². The average molecular weight is 206 g/mol. The quantitative estimate of drug-likeness (QED) is 0.817. The highest BCUT2D eigenvalue weighted by Gasteiger charge is 2.13. The molecule has 0 bridgehead atoms. The molecule has 1 aromatic carbocycles. The van der Waals surface area contributed by atoms with Crippen LogP contribution in [-0.4, -0.2) is 29.4 Å². The summed E-state index contributed by atoms with van der Waals surface area (Å²) in [7, 11) is 0. The van der Waals surface area contributed by atoms with E-state index >= 15 is 0 Å². The van der Waals surface area contributed by atoms with E-state index in [4.69, 9.17) is 8.22 Å². The van der Waals surface area contributed by atoms with Crippen molar-refractivity contribution in [2.24, 2.45) is 0 Å². The fraction of sp³-hybridized carbons (Fsp3) is 0.385. The molecule has 0 radical (unpaired) electrons. The lowest BCUT2D eigenvalue weighted by Crippen LogP contribution is -2.38. The number of aryl methyl sites for hydroxylation is 1. The topological polar surface area (TPSA) is 19.0 Å². The maximum absolute atomic E-state index is 8.14. The fourth-order valence-corrected chi connectivity index (χ4v) is 1.71. The van der Waals surface area contributed by atoms with Gasteiger partial charge in [-0.05, 0) is 37.5 Å². The predicted octanol–water partition coefficient (Wildman–Crippen LogP) is 2.42. The molecule has 2 nitrogen and oxygen atoms in total. The van der Waals surface area contributed by atoms with Crippen molar-refractivity contribution >= 4 is 10.9 Å². The van der Waals surface area contributed by atoms with E-state index in [9.17, 15) is 0 Å². The zero-order chi connectivity index (χ0) is 15.5. The summed E-state index contributed by atoms with van der Waals surface area (Å²) in [5.74, 6) is 0. The summed E-state index contributed by atoms with van der Waals surface area (Å²) in [4.78, 5) is 3.76. The first-order valence-corrected chi connectivity index (χ1v) is 4.99. The molecule has 1 N–H and O–H groups in total. The second-order valence-electron chi connectivity index (χ2n) is 3.52. The van der Waals surface area contributed by atoms with Crippen molar-refractivity contribution in [1.82, 2.24) is 9.88 Å². The third-order valence-corrected chi connectivity index (χ3v) is 2.58. The van der Waals surface area contributed by atoms with Crippen molar-refractivity contribution in [3.63, 3.8) is 0 Å². The third kappa shape index (κ3) is 1.65. The average Bonchev–Trinajstić information content (AvgIpc) is 2.68. The number of rotatable bonds is 3. The maximum atomic E-state index is 8.14. The highest BCUT2D eigenvalue weighted by Crippen LogP contribution is 2.19. The number of aromatic nitrogens is 1. The summed E-state index contributed by atoms with van der Waals surface area (Å²) >= 11 is 0. The first-order valence-electron chi connectivity index (χ1n) is 7.99. The Morgan fingerprint density at radius 2 is 2.27 bits per heavy atom. The second kappa shape index (κ2) is 3.70. The summed E-state index contributed by atoms with van der Waals surface area (Å²) in [6.45, 7) is -6.02. The smallest absolute Gasteiger partial charge is 0.0456 e. The van der Waals surface area contributed by atoms with Crippen molar-refractivity contribution in [3.05, 3.63) is 36.0 Å². The second-order valence-corrected chi connectivity index (χ2v) is 3.52. The number of para-hydroxylation sites is 1. The van der Waals surface area contributed by atoms with E-state index < -0.39 is 19.5 Å². The number of nitrogens with zero attached hydrogens (tertiary/aromatic N) is 1. The van der Waals surface area contributed by atoms with Crippen LogP contribution in [0.5, 0.6) is 0 Å². The molecule has 15 heavy (non-hydrogen) atoms. The van der Waals surface area contributed by atoms with Gasteiger partial charge in [-0.25, -0.2) is 0 Å². The van der Waals surface area contributed by atoms with Crippen molar-refractivity contribution in [2.45, 2.75) is 12.8 Å².